The van der Waals surface area contributed by atoms with Crippen LogP contribution in [0.1, 0.15) is 78.6 Å². The zero-order chi connectivity index (χ0) is 21.0. The molecule has 162 valence electrons. The fourth-order valence-electron chi connectivity index (χ4n) is 7.78. The van der Waals surface area contributed by atoms with Gasteiger partial charge in [-0.05, 0) is 74.5 Å². The Morgan fingerprint density at radius 1 is 1.10 bits per heavy atom. The smallest absolute Gasteiger partial charge is 0.306 e. The van der Waals surface area contributed by atoms with Crippen molar-refractivity contribution in [2.24, 2.45) is 28.6 Å². The number of ketones is 1. The van der Waals surface area contributed by atoms with Crippen molar-refractivity contribution in [1.82, 2.24) is 0 Å². The summed E-state index contributed by atoms with van der Waals surface area (Å²) in [4.78, 5) is 25.2. The summed E-state index contributed by atoms with van der Waals surface area (Å²) in [5, 5.41) is 19.9. The van der Waals surface area contributed by atoms with Crippen molar-refractivity contribution in [2.75, 3.05) is 6.61 Å². The number of esters is 1. The minimum atomic E-state index is -1.18. The van der Waals surface area contributed by atoms with E-state index in [1.54, 1.807) is 6.92 Å². The zero-order valence-corrected chi connectivity index (χ0v) is 18.1. The van der Waals surface area contributed by atoms with Gasteiger partial charge in [0, 0.05) is 11.8 Å². The molecule has 4 aliphatic rings. The molecule has 0 radical (unpaired) electrons. The van der Waals surface area contributed by atoms with Gasteiger partial charge in [-0.3, -0.25) is 9.59 Å². The normalized spacial score (nSPS) is 46.2. The van der Waals surface area contributed by atoms with Crippen molar-refractivity contribution < 1.29 is 24.5 Å². The lowest BCUT2D eigenvalue weighted by molar-refractivity contribution is -0.191. The molecule has 4 aliphatic carbocycles. The maximum absolute atomic E-state index is 13.0. The highest BCUT2D eigenvalue weighted by molar-refractivity contribution is 5.92. The van der Waals surface area contributed by atoms with Gasteiger partial charge < -0.3 is 14.9 Å². The Hall–Kier alpha value is -1.20. The highest BCUT2D eigenvalue weighted by Gasteiger charge is 2.68. The number of aliphatic hydroxyl groups is 2. The molecule has 5 nitrogen and oxygen atoms in total. The number of carbonyl (C=O) groups is 2. The third-order valence-corrected chi connectivity index (χ3v) is 9.38. The summed E-state index contributed by atoms with van der Waals surface area (Å²) >= 11 is 0. The van der Waals surface area contributed by atoms with Crippen LogP contribution in [0.2, 0.25) is 0 Å². The fraction of sp³-hybridized carbons (Fsp3) is 0.833. The van der Waals surface area contributed by atoms with Crippen LogP contribution in [-0.4, -0.2) is 40.3 Å². The number of carbonyl (C=O) groups excluding carboxylic acids is 2. The molecule has 29 heavy (non-hydrogen) atoms. The third kappa shape index (κ3) is 2.87. The number of Topliss-reactive ketones (excluding diaryl/α,β-unsaturated/α-hetero) is 1. The van der Waals surface area contributed by atoms with Gasteiger partial charge >= 0.3 is 5.97 Å². The minimum Gasteiger partial charge on any atom is -0.450 e. The first-order chi connectivity index (χ1) is 13.7. The average molecular weight is 405 g/mol. The van der Waals surface area contributed by atoms with Crippen LogP contribution in [0, 0.1) is 28.6 Å². The van der Waals surface area contributed by atoms with Crippen LogP contribution >= 0.6 is 0 Å². The molecule has 0 aromatic rings. The van der Waals surface area contributed by atoms with E-state index in [0.717, 1.165) is 44.9 Å². The first kappa shape index (κ1) is 21.0. The monoisotopic (exact) mass is 404 g/mol. The van der Waals surface area contributed by atoms with E-state index >= 15 is 0 Å². The number of hydrogen-bond acceptors (Lipinski definition) is 5. The predicted octanol–water partition coefficient (Wildman–Crippen LogP) is 3.56. The summed E-state index contributed by atoms with van der Waals surface area (Å²) in [7, 11) is 0. The molecule has 0 aliphatic heterocycles. The van der Waals surface area contributed by atoms with Crippen LogP contribution in [0.25, 0.3) is 0 Å². The summed E-state index contributed by atoms with van der Waals surface area (Å²) < 4.78 is 5.91. The Morgan fingerprint density at radius 2 is 1.83 bits per heavy atom. The summed E-state index contributed by atoms with van der Waals surface area (Å²) in [6.07, 6.45) is 9.21. The number of hydrogen-bond donors (Lipinski definition) is 2. The molecule has 0 aromatic carbocycles. The van der Waals surface area contributed by atoms with Crippen molar-refractivity contribution in [1.29, 1.82) is 0 Å². The molecule has 4 rings (SSSR count). The quantitative estimate of drug-likeness (QED) is 0.553. The number of allylic oxidation sites excluding steroid dienone is 1. The van der Waals surface area contributed by atoms with E-state index in [2.05, 4.69) is 19.9 Å². The highest BCUT2D eigenvalue weighted by Crippen LogP contribution is 2.68. The summed E-state index contributed by atoms with van der Waals surface area (Å²) in [6.45, 7) is 5.69. The van der Waals surface area contributed by atoms with E-state index in [9.17, 15) is 19.8 Å². The highest BCUT2D eigenvalue weighted by atomic mass is 16.6. The molecule has 0 aromatic heterocycles. The van der Waals surface area contributed by atoms with Crippen LogP contribution in [0.15, 0.2) is 11.6 Å². The molecule has 3 saturated carbocycles. The molecular weight excluding hydrogens is 368 g/mol. The second kappa shape index (κ2) is 7.19. The van der Waals surface area contributed by atoms with E-state index in [0.29, 0.717) is 24.2 Å². The number of rotatable bonds is 4. The van der Waals surface area contributed by atoms with Crippen LogP contribution in [0.4, 0.5) is 0 Å². The van der Waals surface area contributed by atoms with Crippen molar-refractivity contribution in [3.63, 3.8) is 0 Å². The van der Waals surface area contributed by atoms with Crippen molar-refractivity contribution in [2.45, 2.75) is 90.3 Å². The third-order valence-electron chi connectivity index (χ3n) is 9.38. The number of aliphatic hydroxyl groups excluding tert-OH is 2. The molecule has 3 fully saturated rings. The average Bonchev–Trinajstić information content (AvgIpc) is 3.01. The van der Waals surface area contributed by atoms with Gasteiger partial charge in [0.2, 0.25) is 5.78 Å². The minimum absolute atomic E-state index is 0.135. The van der Waals surface area contributed by atoms with E-state index in [1.807, 2.05) is 0 Å². The zero-order valence-electron chi connectivity index (χ0n) is 18.1. The molecule has 1 unspecified atom stereocenters. The Balaban J connectivity index is 1.69. The number of ether oxygens (including phenoxy) is 1. The van der Waals surface area contributed by atoms with Gasteiger partial charge in [0.25, 0.3) is 0 Å². The molecule has 7 atom stereocenters. The van der Waals surface area contributed by atoms with Crippen LogP contribution in [-0.2, 0) is 14.3 Å². The fourth-order valence-corrected chi connectivity index (χ4v) is 7.78. The Labute approximate surface area is 173 Å². The maximum atomic E-state index is 13.0. The standard InChI is InChI=1S/C24H36O5/c1-4-21(28)29-24(20(27)14-25)12-9-19-17-6-5-15-13-16(26)7-10-22(15,2)18(17)8-11-23(19,24)3/h13,16-19,25-26H,4-12,14H2,1-3H3/t16?,17-,18+,19+,22+,23+,24+/m1/s1. The van der Waals surface area contributed by atoms with Crippen molar-refractivity contribution >= 4 is 11.8 Å². The molecule has 0 saturated heterocycles. The van der Waals surface area contributed by atoms with Gasteiger partial charge in [-0.1, -0.05) is 32.4 Å². The van der Waals surface area contributed by atoms with Gasteiger partial charge in [-0.25, -0.2) is 0 Å². The van der Waals surface area contributed by atoms with Gasteiger partial charge in [0.1, 0.15) is 6.61 Å². The van der Waals surface area contributed by atoms with Crippen LogP contribution < -0.4 is 0 Å². The van der Waals surface area contributed by atoms with E-state index in [1.165, 1.54) is 5.57 Å². The molecule has 0 heterocycles. The molecule has 5 heteroatoms. The summed E-state index contributed by atoms with van der Waals surface area (Å²) in [5.74, 6) is 0.700. The second-order valence-electron chi connectivity index (χ2n) is 10.4. The van der Waals surface area contributed by atoms with E-state index in [4.69, 9.17) is 4.74 Å². The van der Waals surface area contributed by atoms with Gasteiger partial charge in [-0.2, -0.15) is 0 Å². The Bertz CT molecular complexity index is 729. The van der Waals surface area contributed by atoms with E-state index < -0.39 is 17.6 Å². The van der Waals surface area contributed by atoms with Crippen LogP contribution in [0.5, 0.6) is 0 Å². The molecule has 2 N–H and O–H groups in total. The molecule has 0 bridgehead atoms. The molecule has 0 spiro atoms. The lowest BCUT2D eigenvalue weighted by Crippen LogP contribution is -2.59. The summed E-state index contributed by atoms with van der Waals surface area (Å²) in [6, 6.07) is 0. The van der Waals surface area contributed by atoms with Gasteiger partial charge in [0.15, 0.2) is 5.60 Å². The first-order valence-corrected chi connectivity index (χ1v) is 11.5. The van der Waals surface area contributed by atoms with Gasteiger partial charge in [-0.15, -0.1) is 0 Å². The van der Waals surface area contributed by atoms with Gasteiger partial charge in [0.05, 0.1) is 6.10 Å². The maximum Gasteiger partial charge on any atom is 0.306 e. The largest absolute Gasteiger partial charge is 0.450 e. The molecular formula is C24H36O5. The summed E-state index contributed by atoms with van der Waals surface area (Å²) in [5.41, 5.74) is -0.0285. The lowest BCUT2D eigenvalue weighted by atomic mass is 9.46. The Morgan fingerprint density at radius 3 is 2.52 bits per heavy atom. The van der Waals surface area contributed by atoms with Crippen molar-refractivity contribution in [3.05, 3.63) is 11.6 Å². The van der Waals surface area contributed by atoms with Crippen LogP contribution in [0.3, 0.4) is 0 Å². The lowest BCUT2D eigenvalue weighted by Gasteiger charge is -2.59. The van der Waals surface area contributed by atoms with E-state index in [-0.39, 0.29) is 29.7 Å². The topological polar surface area (TPSA) is 83.8 Å². The SMILES string of the molecule is CCC(=O)O[C@]1(C(=O)CO)CC[C@H]2[C@@H]3CCC4=CC(O)CC[C@]4(C)[C@H]3CC[C@@]21C. The predicted molar refractivity (Wildman–Crippen MR) is 109 cm³/mol. The number of fused-ring (bicyclic) bond motifs is 5. The second-order valence-corrected chi connectivity index (χ2v) is 10.4. The van der Waals surface area contributed by atoms with Crippen molar-refractivity contribution in [3.8, 4) is 0 Å². The first-order valence-electron chi connectivity index (χ1n) is 11.5. The molecule has 0 amide bonds. The Kier molecular flexibility index (Phi) is 5.22.